The molecule has 1 aliphatic heterocycles. The molecule has 0 spiro atoms. The summed E-state index contributed by atoms with van der Waals surface area (Å²) >= 11 is 0. The number of nitrogens with zero attached hydrogens (tertiary/aromatic N) is 3. The molecule has 20 heavy (non-hydrogen) atoms. The second-order valence-electron chi connectivity index (χ2n) is 6.02. The standard InChI is InChI=1S/C15H28N4O/c1-12(2)18-6-5-14(11-18)9-16-15-17-13(3)10-19(15)7-8-20-4/h10,12,14H,5-9,11H2,1-4H3,(H,16,17). The number of imidazole rings is 1. The minimum Gasteiger partial charge on any atom is -0.383 e. The van der Waals surface area contributed by atoms with Crippen LogP contribution in [0.2, 0.25) is 0 Å². The van der Waals surface area contributed by atoms with Gasteiger partial charge in [0.1, 0.15) is 0 Å². The molecule has 0 bridgehead atoms. The maximum atomic E-state index is 5.15. The Kier molecular flexibility index (Phi) is 5.43. The zero-order chi connectivity index (χ0) is 14.5. The Morgan fingerprint density at radius 1 is 1.50 bits per heavy atom. The first-order chi connectivity index (χ1) is 9.60. The van der Waals surface area contributed by atoms with Gasteiger partial charge in [-0.15, -0.1) is 0 Å². The van der Waals surface area contributed by atoms with Crippen LogP contribution in [0, 0.1) is 12.8 Å². The minimum atomic E-state index is 0.658. The molecule has 1 N–H and O–H groups in total. The van der Waals surface area contributed by atoms with E-state index in [1.54, 1.807) is 7.11 Å². The molecule has 5 heteroatoms. The average molecular weight is 280 g/mol. The summed E-state index contributed by atoms with van der Waals surface area (Å²) in [7, 11) is 1.73. The molecule has 0 aromatic carbocycles. The summed E-state index contributed by atoms with van der Waals surface area (Å²) in [5.41, 5.74) is 1.05. The number of ether oxygens (including phenoxy) is 1. The van der Waals surface area contributed by atoms with E-state index in [1.165, 1.54) is 19.5 Å². The number of methoxy groups -OCH3 is 1. The monoisotopic (exact) mass is 280 g/mol. The molecule has 1 atom stereocenters. The van der Waals surface area contributed by atoms with Crippen molar-refractivity contribution in [3.63, 3.8) is 0 Å². The molecular formula is C15H28N4O. The van der Waals surface area contributed by atoms with Gasteiger partial charge in [-0.1, -0.05) is 0 Å². The van der Waals surface area contributed by atoms with Gasteiger partial charge in [-0.2, -0.15) is 0 Å². The van der Waals surface area contributed by atoms with Crippen LogP contribution in [0.4, 0.5) is 5.95 Å². The summed E-state index contributed by atoms with van der Waals surface area (Å²) in [4.78, 5) is 7.11. The number of likely N-dealkylation sites (tertiary alicyclic amines) is 1. The first-order valence-electron chi connectivity index (χ1n) is 7.60. The zero-order valence-electron chi connectivity index (χ0n) is 13.2. The van der Waals surface area contributed by atoms with Gasteiger partial charge in [0.2, 0.25) is 5.95 Å². The molecule has 2 heterocycles. The summed E-state index contributed by atoms with van der Waals surface area (Å²) in [6, 6.07) is 0.658. The van der Waals surface area contributed by atoms with E-state index in [2.05, 4.69) is 39.8 Å². The van der Waals surface area contributed by atoms with Gasteiger partial charge in [-0.05, 0) is 39.7 Å². The van der Waals surface area contributed by atoms with Crippen LogP contribution >= 0.6 is 0 Å². The molecule has 1 unspecified atom stereocenters. The van der Waals surface area contributed by atoms with Crippen molar-refractivity contribution in [2.24, 2.45) is 5.92 Å². The number of nitrogens with one attached hydrogen (secondary N) is 1. The number of aryl methyl sites for hydroxylation is 1. The van der Waals surface area contributed by atoms with E-state index in [0.717, 1.165) is 37.3 Å². The van der Waals surface area contributed by atoms with Crippen LogP contribution in [0.25, 0.3) is 0 Å². The summed E-state index contributed by atoms with van der Waals surface area (Å²) in [5.74, 6) is 1.70. The van der Waals surface area contributed by atoms with E-state index in [0.29, 0.717) is 6.04 Å². The summed E-state index contributed by atoms with van der Waals surface area (Å²) in [5, 5.41) is 3.51. The zero-order valence-corrected chi connectivity index (χ0v) is 13.2. The average Bonchev–Trinajstić information content (AvgIpc) is 3.00. The van der Waals surface area contributed by atoms with Crippen molar-refractivity contribution in [2.75, 3.05) is 38.7 Å². The number of hydrogen-bond acceptors (Lipinski definition) is 4. The van der Waals surface area contributed by atoms with Crippen LogP contribution in [0.15, 0.2) is 6.20 Å². The number of anilines is 1. The Morgan fingerprint density at radius 2 is 2.30 bits per heavy atom. The molecule has 5 nitrogen and oxygen atoms in total. The SMILES string of the molecule is COCCn1cc(C)nc1NCC1CCN(C(C)C)C1. The van der Waals surface area contributed by atoms with E-state index < -0.39 is 0 Å². The van der Waals surface area contributed by atoms with Crippen LogP contribution in [0.1, 0.15) is 26.0 Å². The first kappa shape index (κ1) is 15.3. The Labute approximate surface area is 122 Å². The van der Waals surface area contributed by atoms with Gasteiger partial charge in [-0.3, -0.25) is 0 Å². The van der Waals surface area contributed by atoms with Gasteiger partial charge in [0.25, 0.3) is 0 Å². The van der Waals surface area contributed by atoms with Crippen LogP contribution in [-0.4, -0.2) is 53.8 Å². The maximum Gasteiger partial charge on any atom is 0.203 e. The quantitative estimate of drug-likeness (QED) is 0.829. The largest absolute Gasteiger partial charge is 0.383 e. The predicted molar refractivity (Wildman–Crippen MR) is 82.1 cm³/mol. The fraction of sp³-hybridized carbons (Fsp3) is 0.800. The van der Waals surface area contributed by atoms with E-state index in [9.17, 15) is 0 Å². The van der Waals surface area contributed by atoms with E-state index >= 15 is 0 Å². The Morgan fingerprint density at radius 3 is 2.95 bits per heavy atom. The molecule has 0 saturated carbocycles. The molecule has 0 aliphatic carbocycles. The third-order valence-corrected chi connectivity index (χ3v) is 4.03. The van der Waals surface area contributed by atoms with E-state index in [4.69, 9.17) is 4.74 Å². The molecule has 1 aromatic heterocycles. The van der Waals surface area contributed by atoms with E-state index in [1.807, 2.05) is 6.92 Å². The highest BCUT2D eigenvalue weighted by atomic mass is 16.5. The number of aromatic nitrogens is 2. The Bertz CT molecular complexity index is 416. The van der Waals surface area contributed by atoms with Gasteiger partial charge in [0.05, 0.1) is 12.3 Å². The van der Waals surface area contributed by atoms with Crippen LogP contribution < -0.4 is 5.32 Å². The summed E-state index contributed by atoms with van der Waals surface area (Å²) < 4.78 is 7.29. The molecule has 114 valence electrons. The van der Waals surface area contributed by atoms with Crippen LogP contribution in [0.5, 0.6) is 0 Å². The normalized spacial score (nSPS) is 19.9. The Hall–Kier alpha value is -1.07. The van der Waals surface area contributed by atoms with Crippen LogP contribution in [-0.2, 0) is 11.3 Å². The van der Waals surface area contributed by atoms with Crippen molar-refractivity contribution in [3.8, 4) is 0 Å². The molecule has 1 fully saturated rings. The topological polar surface area (TPSA) is 42.3 Å². The second kappa shape index (κ2) is 7.09. The fourth-order valence-corrected chi connectivity index (χ4v) is 2.78. The Balaban J connectivity index is 1.85. The van der Waals surface area contributed by atoms with Gasteiger partial charge in [-0.25, -0.2) is 4.98 Å². The lowest BCUT2D eigenvalue weighted by atomic mass is 10.1. The molecule has 1 saturated heterocycles. The van der Waals surface area contributed by atoms with Gasteiger partial charge in [0.15, 0.2) is 0 Å². The van der Waals surface area contributed by atoms with Crippen molar-refractivity contribution < 1.29 is 4.74 Å². The third kappa shape index (κ3) is 3.96. The molecule has 1 aliphatic rings. The molecule has 0 amide bonds. The predicted octanol–water partition coefficient (Wildman–Crippen LogP) is 1.98. The van der Waals surface area contributed by atoms with Crippen molar-refractivity contribution in [1.82, 2.24) is 14.5 Å². The highest BCUT2D eigenvalue weighted by Gasteiger charge is 2.24. The van der Waals surface area contributed by atoms with Crippen molar-refractivity contribution in [1.29, 1.82) is 0 Å². The van der Waals surface area contributed by atoms with E-state index in [-0.39, 0.29) is 0 Å². The third-order valence-electron chi connectivity index (χ3n) is 4.03. The van der Waals surface area contributed by atoms with Crippen molar-refractivity contribution >= 4 is 5.95 Å². The smallest absolute Gasteiger partial charge is 0.203 e. The highest BCUT2D eigenvalue weighted by Crippen LogP contribution is 2.19. The van der Waals surface area contributed by atoms with Crippen molar-refractivity contribution in [3.05, 3.63) is 11.9 Å². The molecule has 0 radical (unpaired) electrons. The minimum absolute atomic E-state index is 0.658. The number of rotatable bonds is 7. The fourth-order valence-electron chi connectivity index (χ4n) is 2.78. The lowest BCUT2D eigenvalue weighted by Gasteiger charge is -2.20. The lowest BCUT2D eigenvalue weighted by molar-refractivity contribution is 0.187. The summed E-state index contributed by atoms with van der Waals surface area (Å²) in [6.45, 7) is 11.6. The highest BCUT2D eigenvalue weighted by molar-refractivity contribution is 5.28. The maximum absolute atomic E-state index is 5.15. The second-order valence-corrected chi connectivity index (χ2v) is 6.02. The van der Waals surface area contributed by atoms with Gasteiger partial charge in [0, 0.05) is 39.0 Å². The molecular weight excluding hydrogens is 252 g/mol. The van der Waals surface area contributed by atoms with Gasteiger partial charge < -0.3 is 19.5 Å². The van der Waals surface area contributed by atoms with Gasteiger partial charge >= 0.3 is 0 Å². The van der Waals surface area contributed by atoms with Crippen molar-refractivity contribution in [2.45, 2.75) is 39.8 Å². The molecule has 1 aromatic rings. The summed E-state index contributed by atoms with van der Waals surface area (Å²) in [6.07, 6.45) is 3.36. The first-order valence-corrected chi connectivity index (χ1v) is 7.60. The van der Waals surface area contributed by atoms with Crippen LogP contribution in [0.3, 0.4) is 0 Å². The number of hydrogen-bond donors (Lipinski definition) is 1. The molecule has 2 rings (SSSR count). The lowest BCUT2D eigenvalue weighted by Crippen LogP contribution is -2.29.